The van der Waals surface area contributed by atoms with Gasteiger partial charge in [-0.1, -0.05) is 6.07 Å². The summed E-state index contributed by atoms with van der Waals surface area (Å²) >= 11 is 0. The van der Waals surface area contributed by atoms with Gasteiger partial charge in [-0.3, -0.25) is 4.90 Å². The quantitative estimate of drug-likeness (QED) is 0.665. The normalized spacial score (nSPS) is 19.0. The van der Waals surface area contributed by atoms with Crippen LogP contribution in [-0.4, -0.2) is 60.5 Å². The third-order valence-electron chi connectivity index (χ3n) is 4.26. The Bertz CT molecular complexity index is 461. The van der Waals surface area contributed by atoms with Crippen molar-refractivity contribution in [2.24, 2.45) is 0 Å². The van der Waals surface area contributed by atoms with Crippen molar-refractivity contribution in [2.45, 2.75) is 32.4 Å². The minimum absolute atomic E-state index is 0.0198. The summed E-state index contributed by atoms with van der Waals surface area (Å²) in [5.41, 5.74) is 1.62. The molecule has 0 bridgehead atoms. The molecule has 2 atom stereocenters. The zero-order valence-electron chi connectivity index (χ0n) is 13.6. The molecule has 1 aliphatic rings. The van der Waals surface area contributed by atoms with Crippen LogP contribution in [0, 0.1) is 6.92 Å². The van der Waals surface area contributed by atoms with Crippen molar-refractivity contribution in [2.75, 3.05) is 39.4 Å². The first-order valence-electron chi connectivity index (χ1n) is 8.09. The van der Waals surface area contributed by atoms with Gasteiger partial charge in [0.25, 0.3) is 0 Å². The Kier molecular flexibility index (Phi) is 6.64. The Labute approximate surface area is 132 Å². The second kappa shape index (κ2) is 8.48. The van der Waals surface area contributed by atoms with Crippen LogP contribution in [0.5, 0.6) is 5.75 Å². The zero-order valence-corrected chi connectivity index (χ0v) is 13.6. The van der Waals surface area contributed by atoms with Gasteiger partial charge in [-0.05, 0) is 56.6 Å². The van der Waals surface area contributed by atoms with E-state index in [1.54, 1.807) is 12.1 Å². The molecule has 0 aliphatic carbocycles. The van der Waals surface area contributed by atoms with Gasteiger partial charge in [0, 0.05) is 19.1 Å². The van der Waals surface area contributed by atoms with E-state index in [2.05, 4.69) is 10.2 Å². The van der Waals surface area contributed by atoms with Crippen LogP contribution >= 0.6 is 0 Å². The number of benzene rings is 1. The number of nitrogens with zero attached hydrogens (tertiary/aromatic N) is 1. The molecule has 1 aromatic rings. The van der Waals surface area contributed by atoms with Crippen LogP contribution in [0.3, 0.4) is 0 Å². The van der Waals surface area contributed by atoms with E-state index in [-0.39, 0.29) is 11.8 Å². The first-order chi connectivity index (χ1) is 10.6. The molecule has 1 fully saturated rings. The average Bonchev–Trinajstić information content (AvgIpc) is 2.54. The van der Waals surface area contributed by atoms with E-state index in [0.717, 1.165) is 56.9 Å². The Morgan fingerprint density at radius 1 is 1.32 bits per heavy atom. The number of aliphatic hydroxyl groups is 1. The van der Waals surface area contributed by atoms with Gasteiger partial charge in [0.15, 0.2) is 0 Å². The first-order valence-corrected chi connectivity index (χ1v) is 8.09. The maximum Gasteiger partial charge on any atom is 0.118 e. The second-order valence-corrected chi connectivity index (χ2v) is 6.04. The fraction of sp³-hybridized carbons (Fsp3) is 0.647. The number of aromatic hydroxyl groups is 1. The molecule has 3 N–H and O–H groups in total. The molecule has 1 aromatic carbocycles. The van der Waals surface area contributed by atoms with Crippen molar-refractivity contribution in [1.29, 1.82) is 0 Å². The van der Waals surface area contributed by atoms with Crippen LogP contribution in [0.1, 0.15) is 30.6 Å². The number of aliphatic hydroxyl groups excluding tert-OH is 1. The van der Waals surface area contributed by atoms with E-state index in [0.29, 0.717) is 0 Å². The molecule has 0 radical (unpaired) electrons. The summed E-state index contributed by atoms with van der Waals surface area (Å²) in [5.74, 6) is 0.266. The second-order valence-electron chi connectivity index (χ2n) is 6.04. The molecule has 1 aliphatic heterocycles. The number of hydrogen-bond acceptors (Lipinski definition) is 5. The van der Waals surface area contributed by atoms with Gasteiger partial charge in [0.2, 0.25) is 0 Å². The highest BCUT2D eigenvalue weighted by Crippen LogP contribution is 2.23. The molecule has 0 aromatic heterocycles. The topological polar surface area (TPSA) is 65.0 Å². The van der Waals surface area contributed by atoms with Crippen molar-refractivity contribution in [3.63, 3.8) is 0 Å². The highest BCUT2D eigenvalue weighted by atomic mass is 16.5. The number of hydrogen-bond donors (Lipinski definition) is 3. The fourth-order valence-corrected chi connectivity index (χ4v) is 2.72. The van der Waals surface area contributed by atoms with Gasteiger partial charge in [0.1, 0.15) is 5.75 Å². The van der Waals surface area contributed by atoms with Crippen molar-refractivity contribution in [3.05, 3.63) is 29.3 Å². The molecule has 5 nitrogen and oxygen atoms in total. The van der Waals surface area contributed by atoms with E-state index in [4.69, 9.17) is 4.74 Å². The van der Waals surface area contributed by atoms with Gasteiger partial charge in [0.05, 0.1) is 19.3 Å². The number of ether oxygens (including phenoxy) is 1. The largest absolute Gasteiger partial charge is 0.508 e. The fourth-order valence-electron chi connectivity index (χ4n) is 2.72. The number of nitrogens with one attached hydrogen (secondary N) is 1. The Balaban J connectivity index is 1.71. The van der Waals surface area contributed by atoms with Crippen molar-refractivity contribution >= 4 is 0 Å². The molecule has 2 rings (SSSR count). The van der Waals surface area contributed by atoms with Crippen LogP contribution in [0.15, 0.2) is 18.2 Å². The predicted octanol–water partition coefficient (Wildman–Crippen LogP) is 1.43. The van der Waals surface area contributed by atoms with Gasteiger partial charge < -0.3 is 20.3 Å². The lowest BCUT2D eigenvalue weighted by Gasteiger charge is -2.27. The average molecular weight is 308 g/mol. The Morgan fingerprint density at radius 3 is 2.73 bits per heavy atom. The number of phenols is 1. The maximum absolute atomic E-state index is 10.4. The van der Waals surface area contributed by atoms with Gasteiger partial charge >= 0.3 is 0 Å². The minimum Gasteiger partial charge on any atom is -0.508 e. The van der Waals surface area contributed by atoms with Crippen LogP contribution in [0.25, 0.3) is 0 Å². The molecule has 0 amide bonds. The number of rotatable bonds is 7. The summed E-state index contributed by atoms with van der Waals surface area (Å²) in [6.45, 7) is 9.49. The summed E-state index contributed by atoms with van der Waals surface area (Å²) in [6, 6.07) is 5.23. The Hall–Kier alpha value is -1.14. The van der Waals surface area contributed by atoms with Crippen LogP contribution < -0.4 is 5.32 Å². The summed E-state index contributed by atoms with van der Waals surface area (Å²) in [5, 5.41) is 23.3. The summed E-state index contributed by atoms with van der Waals surface area (Å²) < 4.78 is 5.33. The first kappa shape index (κ1) is 17.2. The lowest BCUT2D eigenvalue weighted by atomic mass is 10.0. The summed E-state index contributed by atoms with van der Waals surface area (Å²) in [6.07, 6.45) is 0.494. The number of morpholine rings is 1. The van der Waals surface area contributed by atoms with E-state index >= 15 is 0 Å². The summed E-state index contributed by atoms with van der Waals surface area (Å²) in [4.78, 5) is 2.41. The van der Waals surface area contributed by atoms with Crippen LogP contribution in [0.4, 0.5) is 0 Å². The molecule has 124 valence electrons. The standard InChI is InChI=1S/C17H28N2O3/c1-13-12-15(4-5-16(13)20)17(21)14(2)18-6-3-7-19-8-10-22-11-9-19/h4-5,12,14,17-18,20-21H,3,6-11H2,1-2H3. The molecule has 1 saturated heterocycles. The molecule has 5 heteroatoms. The highest BCUT2D eigenvalue weighted by molar-refractivity contribution is 5.36. The molecular formula is C17H28N2O3. The van der Waals surface area contributed by atoms with Crippen LogP contribution in [-0.2, 0) is 4.74 Å². The smallest absolute Gasteiger partial charge is 0.118 e. The minimum atomic E-state index is -0.567. The third-order valence-corrected chi connectivity index (χ3v) is 4.26. The molecular weight excluding hydrogens is 280 g/mol. The molecule has 2 unspecified atom stereocenters. The van der Waals surface area contributed by atoms with Crippen molar-refractivity contribution in [1.82, 2.24) is 10.2 Å². The van der Waals surface area contributed by atoms with E-state index in [9.17, 15) is 10.2 Å². The predicted molar refractivity (Wildman–Crippen MR) is 87.1 cm³/mol. The van der Waals surface area contributed by atoms with Gasteiger partial charge in [-0.2, -0.15) is 0 Å². The molecule has 0 saturated carbocycles. The number of phenolic OH excluding ortho intramolecular Hbond substituents is 1. The SMILES string of the molecule is Cc1cc(C(O)C(C)NCCCN2CCOCC2)ccc1O. The molecule has 22 heavy (non-hydrogen) atoms. The highest BCUT2D eigenvalue weighted by Gasteiger charge is 2.17. The summed E-state index contributed by atoms with van der Waals surface area (Å²) in [7, 11) is 0. The number of aryl methyl sites for hydroxylation is 1. The van der Waals surface area contributed by atoms with Gasteiger partial charge in [-0.15, -0.1) is 0 Å². The Morgan fingerprint density at radius 2 is 2.05 bits per heavy atom. The van der Waals surface area contributed by atoms with Crippen LogP contribution in [0.2, 0.25) is 0 Å². The molecule has 1 heterocycles. The van der Waals surface area contributed by atoms with E-state index in [1.807, 2.05) is 19.9 Å². The van der Waals surface area contributed by atoms with Crippen molar-refractivity contribution in [3.8, 4) is 5.75 Å². The van der Waals surface area contributed by atoms with E-state index < -0.39 is 6.10 Å². The van der Waals surface area contributed by atoms with Gasteiger partial charge in [-0.25, -0.2) is 0 Å². The zero-order chi connectivity index (χ0) is 15.9. The monoisotopic (exact) mass is 308 g/mol. The lowest BCUT2D eigenvalue weighted by molar-refractivity contribution is 0.0371. The lowest BCUT2D eigenvalue weighted by Crippen LogP contribution is -2.39. The van der Waals surface area contributed by atoms with E-state index in [1.165, 1.54) is 0 Å². The molecule has 0 spiro atoms. The van der Waals surface area contributed by atoms with Crippen molar-refractivity contribution < 1.29 is 14.9 Å². The maximum atomic E-state index is 10.4. The third kappa shape index (κ3) is 4.95.